The molecule has 1 aliphatic carbocycles. The summed E-state index contributed by atoms with van der Waals surface area (Å²) >= 11 is 0. The minimum Gasteiger partial charge on any atom is -0.460 e. The minimum absolute atomic E-state index is 0.0294. The van der Waals surface area contributed by atoms with E-state index in [1.165, 1.54) is 19.3 Å². The van der Waals surface area contributed by atoms with Gasteiger partial charge < -0.3 is 14.6 Å². The Morgan fingerprint density at radius 3 is 2.59 bits per heavy atom. The predicted molar refractivity (Wildman–Crippen MR) is 64.6 cm³/mol. The standard InChI is InChI=1S/C13H22O4/c1-10(2)13(15)17-9-11(14)8-16-12-6-4-3-5-7-12/h11-12,14H,1,3-9H2,2H3. The van der Waals surface area contributed by atoms with E-state index in [0.29, 0.717) is 5.57 Å². The van der Waals surface area contributed by atoms with Crippen molar-refractivity contribution in [2.45, 2.75) is 51.2 Å². The van der Waals surface area contributed by atoms with Crippen molar-refractivity contribution in [1.82, 2.24) is 0 Å². The molecule has 0 heterocycles. The highest BCUT2D eigenvalue weighted by Crippen LogP contribution is 2.20. The van der Waals surface area contributed by atoms with Crippen LogP contribution >= 0.6 is 0 Å². The first-order valence-corrected chi connectivity index (χ1v) is 6.22. The Hall–Kier alpha value is -0.870. The van der Waals surface area contributed by atoms with Crippen LogP contribution in [0.25, 0.3) is 0 Å². The van der Waals surface area contributed by atoms with Crippen LogP contribution in [0.5, 0.6) is 0 Å². The van der Waals surface area contributed by atoms with E-state index in [1.807, 2.05) is 0 Å². The lowest BCUT2D eigenvalue weighted by Crippen LogP contribution is -2.27. The van der Waals surface area contributed by atoms with Crippen LogP contribution in [0.4, 0.5) is 0 Å². The number of esters is 1. The zero-order chi connectivity index (χ0) is 12.7. The van der Waals surface area contributed by atoms with Crippen LogP contribution < -0.4 is 0 Å². The average Bonchev–Trinajstić information content (AvgIpc) is 2.34. The van der Waals surface area contributed by atoms with Gasteiger partial charge in [0.05, 0.1) is 12.7 Å². The fraction of sp³-hybridized carbons (Fsp3) is 0.769. The summed E-state index contributed by atoms with van der Waals surface area (Å²) in [5, 5.41) is 9.58. The first-order valence-electron chi connectivity index (χ1n) is 6.22. The van der Waals surface area contributed by atoms with Crippen LogP contribution in [-0.2, 0) is 14.3 Å². The maximum absolute atomic E-state index is 11.1. The predicted octanol–water partition coefficient (Wildman–Crippen LogP) is 1.82. The molecule has 1 fully saturated rings. The molecular formula is C13H22O4. The highest BCUT2D eigenvalue weighted by molar-refractivity contribution is 5.86. The Morgan fingerprint density at radius 2 is 2.00 bits per heavy atom. The Balaban J connectivity index is 2.09. The van der Waals surface area contributed by atoms with Crippen molar-refractivity contribution in [2.24, 2.45) is 0 Å². The van der Waals surface area contributed by atoms with Gasteiger partial charge in [0.1, 0.15) is 12.7 Å². The monoisotopic (exact) mass is 242 g/mol. The van der Waals surface area contributed by atoms with Gasteiger partial charge in [0, 0.05) is 5.57 Å². The molecule has 0 aromatic carbocycles. The molecule has 1 saturated carbocycles. The van der Waals surface area contributed by atoms with E-state index >= 15 is 0 Å². The number of carbonyl (C=O) groups excluding carboxylic acids is 1. The summed E-state index contributed by atoms with van der Waals surface area (Å²) < 4.78 is 10.4. The van der Waals surface area contributed by atoms with Crippen LogP contribution in [0, 0.1) is 0 Å². The van der Waals surface area contributed by atoms with Crippen LogP contribution in [0.2, 0.25) is 0 Å². The molecule has 0 saturated heterocycles. The molecule has 0 spiro atoms. The normalized spacial score (nSPS) is 18.7. The number of rotatable bonds is 6. The zero-order valence-electron chi connectivity index (χ0n) is 10.5. The number of hydrogen-bond acceptors (Lipinski definition) is 4. The average molecular weight is 242 g/mol. The molecule has 0 aliphatic heterocycles. The minimum atomic E-state index is -0.750. The largest absolute Gasteiger partial charge is 0.460 e. The molecular weight excluding hydrogens is 220 g/mol. The van der Waals surface area contributed by atoms with E-state index in [0.717, 1.165) is 12.8 Å². The number of ether oxygens (including phenoxy) is 2. The van der Waals surface area contributed by atoms with Crippen molar-refractivity contribution >= 4 is 5.97 Å². The summed E-state index contributed by atoms with van der Waals surface area (Å²) in [4.78, 5) is 11.1. The zero-order valence-corrected chi connectivity index (χ0v) is 10.5. The maximum Gasteiger partial charge on any atom is 0.333 e. The molecule has 0 aromatic rings. The van der Waals surface area contributed by atoms with Gasteiger partial charge in [-0.15, -0.1) is 0 Å². The highest BCUT2D eigenvalue weighted by atomic mass is 16.5. The van der Waals surface area contributed by atoms with Gasteiger partial charge >= 0.3 is 5.97 Å². The Morgan fingerprint density at radius 1 is 1.35 bits per heavy atom. The topological polar surface area (TPSA) is 55.8 Å². The van der Waals surface area contributed by atoms with Gasteiger partial charge in [-0.2, -0.15) is 0 Å². The molecule has 0 bridgehead atoms. The first-order chi connectivity index (χ1) is 8.09. The van der Waals surface area contributed by atoms with Gasteiger partial charge in [-0.1, -0.05) is 25.8 Å². The molecule has 4 nitrogen and oxygen atoms in total. The highest BCUT2D eigenvalue weighted by Gasteiger charge is 2.16. The summed E-state index contributed by atoms with van der Waals surface area (Å²) in [5.41, 5.74) is 0.338. The van der Waals surface area contributed by atoms with Crippen molar-refractivity contribution in [2.75, 3.05) is 13.2 Å². The molecule has 0 aromatic heterocycles. The molecule has 98 valence electrons. The first kappa shape index (κ1) is 14.2. The number of aliphatic hydroxyl groups is 1. The quantitative estimate of drug-likeness (QED) is 0.570. The molecule has 0 amide bonds. The number of carbonyl (C=O) groups is 1. The van der Waals surface area contributed by atoms with E-state index in [4.69, 9.17) is 9.47 Å². The Bertz CT molecular complexity index is 256. The van der Waals surface area contributed by atoms with Gasteiger partial charge in [0.2, 0.25) is 0 Å². The van der Waals surface area contributed by atoms with Crippen LogP contribution in [0.3, 0.4) is 0 Å². The van der Waals surface area contributed by atoms with Gasteiger partial charge in [-0.05, 0) is 19.8 Å². The third-order valence-electron chi connectivity index (χ3n) is 2.83. The van der Waals surface area contributed by atoms with E-state index in [9.17, 15) is 9.90 Å². The lowest BCUT2D eigenvalue weighted by atomic mass is 9.98. The van der Waals surface area contributed by atoms with Gasteiger partial charge in [-0.25, -0.2) is 4.79 Å². The maximum atomic E-state index is 11.1. The second kappa shape index (κ2) is 7.45. The van der Waals surface area contributed by atoms with Gasteiger partial charge in [0.25, 0.3) is 0 Å². The fourth-order valence-electron chi connectivity index (χ4n) is 1.82. The summed E-state index contributed by atoms with van der Waals surface area (Å²) in [6, 6.07) is 0. The van der Waals surface area contributed by atoms with Gasteiger partial charge in [-0.3, -0.25) is 0 Å². The van der Waals surface area contributed by atoms with E-state index in [1.54, 1.807) is 6.92 Å². The number of hydrogen-bond donors (Lipinski definition) is 1. The van der Waals surface area contributed by atoms with E-state index < -0.39 is 12.1 Å². The molecule has 1 rings (SSSR count). The van der Waals surface area contributed by atoms with Crippen molar-refractivity contribution in [1.29, 1.82) is 0 Å². The van der Waals surface area contributed by atoms with E-state index in [-0.39, 0.29) is 19.3 Å². The fourth-order valence-corrected chi connectivity index (χ4v) is 1.82. The smallest absolute Gasteiger partial charge is 0.333 e. The molecule has 1 aliphatic rings. The van der Waals surface area contributed by atoms with E-state index in [2.05, 4.69) is 6.58 Å². The van der Waals surface area contributed by atoms with Crippen LogP contribution in [0.1, 0.15) is 39.0 Å². The third-order valence-corrected chi connectivity index (χ3v) is 2.83. The summed E-state index contributed by atoms with van der Waals surface area (Å²) in [7, 11) is 0. The SMILES string of the molecule is C=C(C)C(=O)OCC(O)COC1CCCCC1. The van der Waals surface area contributed by atoms with Crippen molar-refractivity contribution < 1.29 is 19.4 Å². The lowest BCUT2D eigenvalue weighted by molar-refractivity contribution is -0.143. The van der Waals surface area contributed by atoms with Crippen molar-refractivity contribution in [3.8, 4) is 0 Å². The Kier molecular flexibility index (Phi) is 6.22. The molecule has 17 heavy (non-hydrogen) atoms. The Labute approximate surface area is 103 Å². The molecule has 1 atom stereocenters. The molecule has 1 unspecified atom stereocenters. The second-order valence-corrected chi connectivity index (χ2v) is 4.63. The summed E-state index contributed by atoms with van der Waals surface area (Å²) in [5.74, 6) is -0.471. The van der Waals surface area contributed by atoms with Crippen LogP contribution in [-0.4, -0.2) is 36.5 Å². The van der Waals surface area contributed by atoms with Crippen molar-refractivity contribution in [3.63, 3.8) is 0 Å². The van der Waals surface area contributed by atoms with Gasteiger partial charge in [0.15, 0.2) is 0 Å². The van der Waals surface area contributed by atoms with Crippen LogP contribution in [0.15, 0.2) is 12.2 Å². The molecule has 4 heteroatoms. The number of aliphatic hydroxyl groups excluding tert-OH is 1. The lowest BCUT2D eigenvalue weighted by Gasteiger charge is -2.23. The molecule has 1 N–H and O–H groups in total. The summed E-state index contributed by atoms with van der Waals surface area (Å²) in [6.07, 6.45) is 5.32. The third kappa shape index (κ3) is 5.84. The molecule has 0 radical (unpaired) electrons. The summed E-state index contributed by atoms with van der Waals surface area (Å²) in [6.45, 7) is 5.24. The van der Waals surface area contributed by atoms with Crippen molar-refractivity contribution in [3.05, 3.63) is 12.2 Å². The second-order valence-electron chi connectivity index (χ2n) is 4.63.